The zero-order valence-corrected chi connectivity index (χ0v) is 13.9. The lowest BCUT2D eigenvalue weighted by atomic mass is 10.1. The number of nitrogens with one attached hydrogen (secondary N) is 2. The minimum atomic E-state index is -0.714. The summed E-state index contributed by atoms with van der Waals surface area (Å²) in [6.45, 7) is 3.33. The standard InChI is InChI=1S/C18H18N4O3/c1-12-11-16(21-25-12)20-17(23)13(2)19-18(24)14-5-7-15(8-6-14)22-9-3-4-10-22/h3-11,13H,1-2H3,(H,19,24)(H,20,21,23)/t13-/m1/s1. The number of hydrogen-bond acceptors (Lipinski definition) is 4. The molecule has 25 heavy (non-hydrogen) atoms. The Morgan fingerprint density at radius 1 is 1.16 bits per heavy atom. The fourth-order valence-corrected chi connectivity index (χ4v) is 2.30. The van der Waals surface area contributed by atoms with Crippen molar-refractivity contribution in [3.63, 3.8) is 0 Å². The van der Waals surface area contributed by atoms with Gasteiger partial charge in [-0.15, -0.1) is 0 Å². The summed E-state index contributed by atoms with van der Waals surface area (Å²) in [6, 6.07) is 11.9. The van der Waals surface area contributed by atoms with Crippen LogP contribution in [0.15, 0.2) is 59.4 Å². The Hall–Kier alpha value is -3.35. The van der Waals surface area contributed by atoms with Crippen molar-refractivity contribution >= 4 is 17.6 Å². The van der Waals surface area contributed by atoms with Crippen molar-refractivity contribution in [3.8, 4) is 5.69 Å². The summed E-state index contributed by atoms with van der Waals surface area (Å²) in [6.07, 6.45) is 3.85. The van der Waals surface area contributed by atoms with Gasteiger partial charge in [0.25, 0.3) is 5.91 Å². The quantitative estimate of drug-likeness (QED) is 0.748. The van der Waals surface area contributed by atoms with Gasteiger partial charge in [-0.3, -0.25) is 9.59 Å². The Labute approximate surface area is 144 Å². The molecule has 2 heterocycles. The predicted molar refractivity (Wildman–Crippen MR) is 92.6 cm³/mol. The van der Waals surface area contributed by atoms with E-state index in [1.807, 2.05) is 41.2 Å². The molecule has 0 aliphatic carbocycles. The molecule has 3 rings (SSSR count). The molecule has 0 spiro atoms. The second kappa shape index (κ2) is 7.04. The molecule has 3 aromatic rings. The molecule has 0 radical (unpaired) electrons. The first kappa shape index (κ1) is 16.5. The number of amides is 2. The Morgan fingerprint density at radius 3 is 2.44 bits per heavy atom. The van der Waals surface area contributed by atoms with Crippen molar-refractivity contribution in [1.82, 2.24) is 15.0 Å². The molecule has 0 saturated heterocycles. The molecule has 0 fully saturated rings. The van der Waals surface area contributed by atoms with Crippen molar-refractivity contribution in [2.45, 2.75) is 19.9 Å². The average molecular weight is 338 g/mol. The monoisotopic (exact) mass is 338 g/mol. The highest BCUT2D eigenvalue weighted by atomic mass is 16.5. The second-order valence-electron chi connectivity index (χ2n) is 5.64. The van der Waals surface area contributed by atoms with E-state index in [4.69, 9.17) is 4.52 Å². The van der Waals surface area contributed by atoms with Crippen LogP contribution in [0, 0.1) is 6.92 Å². The summed E-state index contributed by atoms with van der Waals surface area (Å²) in [4.78, 5) is 24.4. The Bertz CT molecular complexity index is 866. The summed E-state index contributed by atoms with van der Waals surface area (Å²) < 4.78 is 6.83. The van der Waals surface area contributed by atoms with Gasteiger partial charge in [-0.1, -0.05) is 5.16 Å². The molecular weight excluding hydrogens is 320 g/mol. The zero-order chi connectivity index (χ0) is 17.8. The molecule has 2 N–H and O–H groups in total. The maximum atomic E-state index is 12.3. The average Bonchev–Trinajstić information content (AvgIpc) is 3.27. The van der Waals surface area contributed by atoms with E-state index in [0.717, 1.165) is 5.69 Å². The van der Waals surface area contributed by atoms with Gasteiger partial charge in [0.15, 0.2) is 5.82 Å². The largest absolute Gasteiger partial charge is 0.360 e. The number of aryl methyl sites for hydroxylation is 1. The zero-order valence-electron chi connectivity index (χ0n) is 13.9. The number of benzene rings is 1. The normalized spacial score (nSPS) is 11.8. The van der Waals surface area contributed by atoms with Gasteiger partial charge in [-0.05, 0) is 50.2 Å². The summed E-state index contributed by atoms with van der Waals surface area (Å²) in [5, 5.41) is 8.93. The first-order chi connectivity index (χ1) is 12.0. The molecular formula is C18H18N4O3. The van der Waals surface area contributed by atoms with Crippen molar-refractivity contribution in [2.24, 2.45) is 0 Å². The lowest BCUT2D eigenvalue weighted by Gasteiger charge is -2.13. The molecule has 2 amide bonds. The molecule has 0 aliphatic rings. The molecule has 1 aromatic carbocycles. The van der Waals surface area contributed by atoms with Gasteiger partial charge in [0.1, 0.15) is 11.8 Å². The van der Waals surface area contributed by atoms with Crippen LogP contribution in [-0.4, -0.2) is 27.6 Å². The summed E-state index contributed by atoms with van der Waals surface area (Å²) in [5.41, 5.74) is 1.43. The van der Waals surface area contributed by atoms with E-state index >= 15 is 0 Å². The topological polar surface area (TPSA) is 89.2 Å². The first-order valence-corrected chi connectivity index (χ1v) is 7.81. The van der Waals surface area contributed by atoms with Crippen LogP contribution in [0.2, 0.25) is 0 Å². The maximum Gasteiger partial charge on any atom is 0.251 e. The number of nitrogens with zero attached hydrogens (tertiary/aromatic N) is 2. The van der Waals surface area contributed by atoms with Gasteiger partial charge in [-0.2, -0.15) is 0 Å². The number of hydrogen-bond donors (Lipinski definition) is 2. The maximum absolute atomic E-state index is 12.3. The van der Waals surface area contributed by atoms with E-state index in [0.29, 0.717) is 17.1 Å². The van der Waals surface area contributed by atoms with Crippen LogP contribution in [0.1, 0.15) is 23.0 Å². The highest BCUT2D eigenvalue weighted by molar-refractivity contribution is 6.00. The van der Waals surface area contributed by atoms with Crippen molar-refractivity contribution < 1.29 is 14.1 Å². The predicted octanol–water partition coefficient (Wildman–Crippen LogP) is 2.53. The molecule has 7 nitrogen and oxygen atoms in total. The Kier molecular flexibility index (Phi) is 4.65. The SMILES string of the molecule is Cc1cc(NC(=O)[C@@H](C)NC(=O)c2ccc(-n3cccc3)cc2)no1. The highest BCUT2D eigenvalue weighted by Gasteiger charge is 2.18. The molecule has 128 valence electrons. The summed E-state index contributed by atoms with van der Waals surface area (Å²) >= 11 is 0. The summed E-state index contributed by atoms with van der Waals surface area (Å²) in [7, 11) is 0. The summed E-state index contributed by atoms with van der Waals surface area (Å²) in [5.74, 6) is 0.220. The van der Waals surface area contributed by atoms with Crippen molar-refractivity contribution in [1.29, 1.82) is 0 Å². The molecule has 2 aromatic heterocycles. The van der Waals surface area contributed by atoms with E-state index < -0.39 is 6.04 Å². The van der Waals surface area contributed by atoms with E-state index in [9.17, 15) is 9.59 Å². The van der Waals surface area contributed by atoms with Crippen LogP contribution < -0.4 is 10.6 Å². The van der Waals surface area contributed by atoms with Crippen LogP contribution in [0.4, 0.5) is 5.82 Å². The number of anilines is 1. The lowest BCUT2D eigenvalue weighted by Crippen LogP contribution is -2.41. The van der Waals surface area contributed by atoms with Crippen LogP contribution in [-0.2, 0) is 4.79 Å². The fraction of sp³-hybridized carbons (Fsp3) is 0.167. The molecule has 0 saturated carbocycles. The van der Waals surface area contributed by atoms with Gasteiger partial charge >= 0.3 is 0 Å². The third-order valence-corrected chi connectivity index (χ3v) is 3.65. The number of aromatic nitrogens is 2. The van der Waals surface area contributed by atoms with Gasteiger partial charge in [0, 0.05) is 29.7 Å². The van der Waals surface area contributed by atoms with Crippen LogP contribution in [0.3, 0.4) is 0 Å². The second-order valence-corrected chi connectivity index (χ2v) is 5.64. The van der Waals surface area contributed by atoms with Crippen LogP contribution in [0.5, 0.6) is 0 Å². The third kappa shape index (κ3) is 3.95. The first-order valence-electron chi connectivity index (χ1n) is 7.81. The lowest BCUT2D eigenvalue weighted by molar-refractivity contribution is -0.117. The number of rotatable bonds is 5. The number of carbonyl (C=O) groups is 2. The minimum absolute atomic E-state index is 0.319. The molecule has 1 atom stereocenters. The van der Waals surface area contributed by atoms with Crippen molar-refractivity contribution in [3.05, 3.63) is 66.2 Å². The van der Waals surface area contributed by atoms with E-state index in [2.05, 4.69) is 15.8 Å². The van der Waals surface area contributed by atoms with E-state index in [-0.39, 0.29) is 11.8 Å². The number of carbonyl (C=O) groups excluding carboxylic acids is 2. The highest BCUT2D eigenvalue weighted by Crippen LogP contribution is 2.11. The minimum Gasteiger partial charge on any atom is -0.360 e. The fourth-order valence-electron chi connectivity index (χ4n) is 2.30. The van der Waals surface area contributed by atoms with Gasteiger partial charge < -0.3 is 19.7 Å². The smallest absolute Gasteiger partial charge is 0.251 e. The van der Waals surface area contributed by atoms with Crippen LogP contribution in [0.25, 0.3) is 5.69 Å². The van der Waals surface area contributed by atoms with E-state index in [1.165, 1.54) is 0 Å². The van der Waals surface area contributed by atoms with Crippen molar-refractivity contribution in [2.75, 3.05) is 5.32 Å². The van der Waals surface area contributed by atoms with Gasteiger partial charge in [-0.25, -0.2) is 0 Å². The van der Waals surface area contributed by atoms with E-state index in [1.54, 1.807) is 32.0 Å². The Morgan fingerprint density at radius 2 is 1.84 bits per heavy atom. The molecule has 0 unspecified atom stereocenters. The van der Waals surface area contributed by atoms with Gasteiger partial charge in [0.05, 0.1) is 0 Å². The third-order valence-electron chi connectivity index (χ3n) is 3.65. The molecule has 0 aliphatic heterocycles. The Balaban J connectivity index is 1.60. The van der Waals surface area contributed by atoms with Gasteiger partial charge in [0.2, 0.25) is 5.91 Å². The molecule has 7 heteroatoms. The van der Waals surface area contributed by atoms with Crippen LogP contribution >= 0.6 is 0 Å². The molecule has 0 bridgehead atoms.